The monoisotopic (exact) mass is 360 g/mol. The third-order valence-corrected chi connectivity index (χ3v) is 3.94. The fourth-order valence-corrected chi connectivity index (χ4v) is 2.69. The van der Waals surface area contributed by atoms with Gasteiger partial charge in [-0.05, 0) is 23.3 Å². The molecular weight excluding hydrogens is 344 g/mol. The molecule has 0 bridgehead atoms. The van der Waals surface area contributed by atoms with Crippen molar-refractivity contribution in [2.75, 3.05) is 0 Å². The molecule has 0 heterocycles. The summed E-state index contributed by atoms with van der Waals surface area (Å²) in [5.41, 5.74) is 1.80. The van der Waals surface area contributed by atoms with Crippen molar-refractivity contribution < 1.29 is 24.5 Å². The standard InChI is InChI=1S/C22H16O5/c23-21(24)17-12-7-13-19(20(17)22(25)26)27-14-18(15-8-3-1-4-9-15)16-10-5-2-6-11-16/h1-14H,(H,23,24)(H,25,26). The molecule has 0 saturated carbocycles. The van der Waals surface area contributed by atoms with Crippen LogP contribution < -0.4 is 4.74 Å². The van der Waals surface area contributed by atoms with Crippen molar-refractivity contribution in [3.05, 3.63) is 107 Å². The molecule has 3 aromatic carbocycles. The van der Waals surface area contributed by atoms with Crippen LogP contribution in [-0.2, 0) is 0 Å². The Morgan fingerprint density at radius 2 is 1.26 bits per heavy atom. The van der Waals surface area contributed by atoms with Gasteiger partial charge in [-0.2, -0.15) is 0 Å². The second-order valence-electron chi connectivity index (χ2n) is 5.67. The minimum Gasteiger partial charge on any atom is -0.478 e. The van der Waals surface area contributed by atoms with E-state index in [1.807, 2.05) is 60.7 Å². The number of benzene rings is 3. The van der Waals surface area contributed by atoms with Gasteiger partial charge in [-0.15, -0.1) is 0 Å². The van der Waals surface area contributed by atoms with Gasteiger partial charge in [-0.1, -0.05) is 66.7 Å². The summed E-state index contributed by atoms with van der Waals surface area (Å²) >= 11 is 0. The summed E-state index contributed by atoms with van der Waals surface area (Å²) in [5, 5.41) is 18.7. The Hall–Kier alpha value is -3.86. The van der Waals surface area contributed by atoms with E-state index < -0.39 is 11.9 Å². The van der Waals surface area contributed by atoms with E-state index >= 15 is 0 Å². The first kappa shape index (κ1) is 17.9. The number of ether oxygens (including phenoxy) is 1. The predicted octanol–water partition coefficient (Wildman–Crippen LogP) is 4.55. The average molecular weight is 360 g/mol. The summed E-state index contributed by atoms with van der Waals surface area (Å²) in [7, 11) is 0. The minimum absolute atomic E-state index is 0.0354. The molecule has 3 rings (SSSR count). The molecular formula is C22H16O5. The third-order valence-electron chi connectivity index (χ3n) is 3.94. The zero-order chi connectivity index (χ0) is 19.2. The van der Waals surface area contributed by atoms with Gasteiger partial charge in [-0.25, -0.2) is 9.59 Å². The zero-order valence-corrected chi connectivity index (χ0v) is 14.2. The molecule has 3 aromatic rings. The smallest absolute Gasteiger partial charge is 0.340 e. The minimum atomic E-state index is -1.36. The Morgan fingerprint density at radius 3 is 1.74 bits per heavy atom. The highest BCUT2D eigenvalue weighted by Crippen LogP contribution is 2.27. The lowest BCUT2D eigenvalue weighted by molar-refractivity contribution is 0.0649. The van der Waals surface area contributed by atoms with Crippen molar-refractivity contribution in [2.24, 2.45) is 0 Å². The second kappa shape index (κ2) is 8.01. The summed E-state index contributed by atoms with van der Waals surface area (Å²) in [6.07, 6.45) is 1.44. The molecule has 0 aliphatic rings. The second-order valence-corrected chi connectivity index (χ2v) is 5.67. The molecule has 5 heteroatoms. The van der Waals surface area contributed by atoms with Crippen LogP contribution in [0.5, 0.6) is 5.75 Å². The number of rotatable bonds is 6. The molecule has 0 saturated heterocycles. The van der Waals surface area contributed by atoms with Gasteiger partial charge in [0.1, 0.15) is 11.3 Å². The number of aromatic carboxylic acids is 2. The maximum atomic E-state index is 11.6. The summed E-state index contributed by atoms with van der Waals surface area (Å²) in [6, 6.07) is 23.1. The first-order valence-electron chi connectivity index (χ1n) is 8.15. The summed E-state index contributed by atoms with van der Waals surface area (Å²) in [4.78, 5) is 22.9. The van der Waals surface area contributed by atoms with Crippen LogP contribution in [0, 0.1) is 0 Å². The molecule has 2 N–H and O–H groups in total. The molecule has 27 heavy (non-hydrogen) atoms. The lowest BCUT2D eigenvalue weighted by atomic mass is 9.99. The Bertz CT molecular complexity index is 950. The maximum Gasteiger partial charge on any atom is 0.340 e. The highest BCUT2D eigenvalue weighted by molar-refractivity contribution is 6.03. The molecule has 134 valence electrons. The van der Waals surface area contributed by atoms with E-state index in [0.29, 0.717) is 0 Å². The van der Waals surface area contributed by atoms with Crippen LogP contribution in [0.15, 0.2) is 85.1 Å². The predicted molar refractivity (Wildman–Crippen MR) is 101 cm³/mol. The van der Waals surface area contributed by atoms with Crippen LogP contribution in [-0.4, -0.2) is 22.2 Å². The molecule has 0 amide bonds. The van der Waals surface area contributed by atoms with Crippen molar-refractivity contribution >= 4 is 17.5 Å². The molecule has 0 atom stereocenters. The highest BCUT2D eigenvalue weighted by atomic mass is 16.5. The highest BCUT2D eigenvalue weighted by Gasteiger charge is 2.21. The van der Waals surface area contributed by atoms with E-state index in [1.165, 1.54) is 24.5 Å². The Labute approximate surface area is 155 Å². The molecule has 0 fully saturated rings. The van der Waals surface area contributed by atoms with Crippen molar-refractivity contribution in [1.82, 2.24) is 0 Å². The number of carboxylic acid groups (broad SMARTS) is 2. The Kier molecular flexibility index (Phi) is 5.33. The third kappa shape index (κ3) is 4.04. The summed E-state index contributed by atoms with van der Waals surface area (Å²) in [5.74, 6) is -2.72. The quantitative estimate of drug-likeness (QED) is 0.630. The van der Waals surface area contributed by atoms with Crippen molar-refractivity contribution in [1.29, 1.82) is 0 Å². The van der Waals surface area contributed by atoms with Gasteiger partial charge in [-0.3, -0.25) is 0 Å². The van der Waals surface area contributed by atoms with Gasteiger partial charge < -0.3 is 14.9 Å². The molecule has 0 unspecified atom stereocenters. The fourth-order valence-electron chi connectivity index (χ4n) is 2.69. The number of hydrogen-bond acceptors (Lipinski definition) is 3. The molecule has 0 spiro atoms. The van der Waals surface area contributed by atoms with Crippen LogP contribution in [0.4, 0.5) is 0 Å². The van der Waals surface area contributed by atoms with Crippen molar-refractivity contribution in [3.63, 3.8) is 0 Å². The maximum absolute atomic E-state index is 11.6. The van der Waals surface area contributed by atoms with Crippen molar-refractivity contribution in [3.8, 4) is 5.75 Å². The summed E-state index contributed by atoms with van der Waals surface area (Å²) < 4.78 is 5.65. The van der Waals surface area contributed by atoms with Gasteiger partial charge in [0, 0.05) is 5.57 Å². The zero-order valence-electron chi connectivity index (χ0n) is 14.2. The van der Waals surface area contributed by atoms with Gasteiger partial charge in [0.15, 0.2) is 0 Å². The molecule has 0 aliphatic carbocycles. The fraction of sp³-hybridized carbons (Fsp3) is 0. The van der Waals surface area contributed by atoms with E-state index in [4.69, 9.17) is 4.74 Å². The van der Waals surface area contributed by atoms with E-state index in [9.17, 15) is 19.8 Å². The van der Waals surface area contributed by atoms with Crippen LogP contribution in [0.2, 0.25) is 0 Å². The normalized spacial score (nSPS) is 10.1. The lowest BCUT2D eigenvalue weighted by Crippen LogP contribution is -2.09. The van der Waals surface area contributed by atoms with Gasteiger partial charge in [0.25, 0.3) is 0 Å². The van der Waals surface area contributed by atoms with E-state index in [-0.39, 0.29) is 16.9 Å². The average Bonchev–Trinajstić information content (AvgIpc) is 2.69. The Balaban J connectivity index is 2.07. The first-order valence-corrected chi connectivity index (χ1v) is 8.15. The summed E-state index contributed by atoms with van der Waals surface area (Å²) in [6.45, 7) is 0. The van der Waals surface area contributed by atoms with Crippen LogP contribution in [0.1, 0.15) is 31.8 Å². The van der Waals surface area contributed by atoms with Crippen molar-refractivity contribution in [2.45, 2.75) is 0 Å². The molecule has 0 aliphatic heterocycles. The topological polar surface area (TPSA) is 83.8 Å². The van der Waals surface area contributed by atoms with Gasteiger partial charge in [0.05, 0.1) is 11.8 Å². The van der Waals surface area contributed by atoms with Crippen LogP contribution >= 0.6 is 0 Å². The lowest BCUT2D eigenvalue weighted by Gasteiger charge is -2.11. The van der Waals surface area contributed by atoms with E-state index in [2.05, 4.69) is 0 Å². The van der Waals surface area contributed by atoms with E-state index in [0.717, 1.165) is 16.7 Å². The van der Waals surface area contributed by atoms with E-state index in [1.54, 1.807) is 0 Å². The number of carbonyl (C=O) groups is 2. The van der Waals surface area contributed by atoms with Crippen LogP contribution in [0.25, 0.3) is 5.57 Å². The van der Waals surface area contributed by atoms with Crippen LogP contribution in [0.3, 0.4) is 0 Å². The number of hydrogen-bond donors (Lipinski definition) is 2. The Morgan fingerprint density at radius 1 is 0.704 bits per heavy atom. The largest absolute Gasteiger partial charge is 0.478 e. The van der Waals surface area contributed by atoms with Gasteiger partial charge >= 0.3 is 11.9 Å². The van der Waals surface area contributed by atoms with Gasteiger partial charge in [0.2, 0.25) is 0 Å². The number of carboxylic acids is 2. The molecule has 0 aromatic heterocycles. The molecule has 5 nitrogen and oxygen atoms in total. The first-order chi connectivity index (χ1) is 13.1. The SMILES string of the molecule is O=C(O)c1cccc(OC=C(c2ccccc2)c2ccccc2)c1C(=O)O. The molecule has 0 radical (unpaired) electrons.